The molecular weight excluding hydrogens is 547 g/mol. The summed E-state index contributed by atoms with van der Waals surface area (Å²) in [5.74, 6) is 0. The molecule has 0 spiro atoms. The van der Waals surface area contributed by atoms with Crippen molar-refractivity contribution in [3.8, 4) is 16.8 Å². The minimum Gasteiger partial charge on any atom is -0.309 e. The number of nitrogens with zero attached hydrogens (tertiary/aromatic N) is 1. The maximum atomic E-state index is 2.37. The SMILES string of the molecule is c1ccc([Si](c2ccccc2)(c2ccccc2)c2ccc(-c3ccc(-n4c5ccccc5c5ccccc54)cc3)cc2)cc1. The summed E-state index contributed by atoms with van der Waals surface area (Å²) in [5.41, 5.74) is 6.07. The van der Waals surface area contributed by atoms with Crippen LogP contribution in [0, 0.1) is 0 Å². The first kappa shape index (κ1) is 26.2. The Balaban J connectivity index is 1.23. The third-order valence-corrected chi connectivity index (χ3v) is 13.8. The lowest BCUT2D eigenvalue weighted by Gasteiger charge is -2.34. The second-order valence-corrected chi connectivity index (χ2v) is 15.2. The van der Waals surface area contributed by atoms with E-state index in [1.54, 1.807) is 0 Å². The lowest BCUT2D eigenvalue weighted by atomic mass is 10.1. The van der Waals surface area contributed by atoms with Gasteiger partial charge in [0.25, 0.3) is 0 Å². The maximum Gasteiger partial charge on any atom is 0.179 e. The van der Waals surface area contributed by atoms with Gasteiger partial charge in [-0.2, -0.15) is 0 Å². The van der Waals surface area contributed by atoms with Gasteiger partial charge in [0.1, 0.15) is 0 Å². The Morgan fingerprint density at radius 2 is 0.636 bits per heavy atom. The molecular formula is C42H31NSi. The molecule has 2 heteroatoms. The van der Waals surface area contributed by atoms with Crippen LogP contribution in [-0.2, 0) is 0 Å². The first-order valence-electron chi connectivity index (χ1n) is 15.2. The van der Waals surface area contributed by atoms with Gasteiger partial charge in [0, 0.05) is 16.5 Å². The highest BCUT2D eigenvalue weighted by atomic mass is 28.3. The molecule has 44 heavy (non-hydrogen) atoms. The summed E-state index contributed by atoms with van der Waals surface area (Å²) in [5, 5.41) is 8.12. The average Bonchev–Trinajstić information content (AvgIpc) is 3.45. The number of benzene rings is 7. The topological polar surface area (TPSA) is 4.93 Å². The zero-order chi connectivity index (χ0) is 29.3. The van der Waals surface area contributed by atoms with Crippen LogP contribution in [0.3, 0.4) is 0 Å². The largest absolute Gasteiger partial charge is 0.309 e. The summed E-state index contributed by atoms with van der Waals surface area (Å²) in [6.07, 6.45) is 0. The zero-order valence-electron chi connectivity index (χ0n) is 24.3. The van der Waals surface area contributed by atoms with Crippen molar-refractivity contribution in [2.45, 2.75) is 0 Å². The van der Waals surface area contributed by atoms with Crippen molar-refractivity contribution in [2.24, 2.45) is 0 Å². The van der Waals surface area contributed by atoms with Crippen LogP contribution in [0.5, 0.6) is 0 Å². The second kappa shape index (κ2) is 11.0. The minimum absolute atomic E-state index is 1.17. The highest BCUT2D eigenvalue weighted by Gasteiger charge is 2.41. The Morgan fingerprint density at radius 3 is 1.07 bits per heavy atom. The van der Waals surface area contributed by atoms with Crippen molar-refractivity contribution in [1.29, 1.82) is 0 Å². The Bertz CT molecular complexity index is 2030. The third-order valence-electron chi connectivity index (χ3n) is 8.98. The maximum absolute atomic E-state index is 2.52. The van der Waals surface area contributed by atoms with Crippen molar-refractivity contribution < 1.29 is 0 Å². The molecule has 0 amide bonds. The summed E-state index contributed by atoms with van der Waals surface area (Å²) < 4.78 is 2.37. The molecule has 0 saturated heterocycles. The molecule has 0 bridgehead atoms. The Kier molecular flexibility index (Phi) is 6.55. The van der Waals surface area contributed by atoms with Gasteiger partial charge in [-0.3, -0.25) is 0 Å². The molecule has 0 unspecified atom stereocenters. The van der Waals surface area contributed by atoms with Crippen LogP contribution in [0.25, 0.3) is 38.6 Å². The third kappa shape index (κ3) is 4.23. The van der Waals surface area contributed by atoms with Gasteiger partial charge < -0.3 is 4.57 Å². The van der Waals surface area contributed by atoms with Gasteiger partial charge >= 0.3 is 0 Å². The standard InChI is InChI=1S/C42H31NSi/c1-4-14-35(15-5-1)44(36-16-6-2-7-17-36,37-18-8-3-9-19-37)38-30-26-33(27-31-38)32-24-28-34(29-25-32)43-41-22-12-10-20-39(41)40-21-11-13-23-42(40)43/h1-31H. The van der Waals surface area contributed by atoms with E-state index in [1.165, 1.54) is 59.4 Å². The first-order valence-corrected chi connectivity index (χ1v) is 17.2. The molecule has 8 aromatic rings. The normalized spacial score (nSPS) is 11.6. The lowest BCUT2D eigenvalue weighted by Crippen LogP contribution is -2.74. The summed E-state index contributed by atoms with van der Waals surface area (Å²) >= 11 is 0. The summed E-state index contributed by atoms with van der Waals surface area (Å²) in [4.78, 5) is 0. The van der Waals surface area contributed by atoms with Crippen molar-refractivity contribution in [3.05, 3.63) is 188 Å². The zero-order valence-corrected chi connectivity index (χ0v) is 25.3. The van der Waals surface area contributed by atoms with Crippen molar-refractivity contribution in [3.63, 3.8) is 0 Å². The molecule has 0 aliphatic carbocycles. The molecule has 8 rings (SSSR count). The molecule has 1 nitrogen and oxygen atoms in total. The molecule has 1 heterocycles. The number of para-hydroxylation sites is 2. The van der Waals surface area contributed by atoms with Crippen LogP contribution in [-0.4, -0.2) is 12.6 Å². The fraction of sp³-hybridized carbons (Fsp3) is 0. The van der Waals surface area contributed by atoms with E-state index in [9.17, 15) is 0 Å². The van der Waals surface area contributed by atoms with E-state index in [-0.39, 0.29) is 0 Å². The van der Waals surface area contributed by atoms with Gasteiger partial charge in [0.15, 0.2) is 8.07 Å². The second-order valence-electron chi connectivity index (χ2n) is 11.3. The van der Waals surface area contributed by atoms with Crippen LogP contribution in [0.15, 0.2) is 188 Å². The number of rotatable bonds is 6. The molecule has 0 aliphatic heterocycles. The van der Waals surface area contributed by atoms with E-state index in [0.717, 1.165) is 0 Å². The highest BCUT2D eigenvalue weighted by molar-refractivity contribution is 7.19. The van der Waals surface area contributed by atoms with Gasteiger partial charge in [-0.05, 0) is 56.1 Å². The van der Waals surface area contributed by atoms with Crippen LogP contribution >= 0.6 is 0 Å². The van der Waals surface area contributed by atoms with Crippen molar-refractivity contribution in [1.82, 2.24) is 4.57 Å². The first-order chi connectivity index (χ1) is 21.8. The smallest absolute Gasteiger partial charge is 0.179 e. The molecule has 0 N–H and O–H groups in total. The predicted molar refractivity (Wildman–Crippen MR) is 190 cm³/mol. The summed E-state index contributed by atoms with van der Waals surface area (Å²) in [7, 11) is -2.52. The van der Waals surface area contributed by atoms with E-state index in [2.05, 4.69) is 193 Å². The van der Waals surface area contributed by atoms with Gasteiger partial charge in [-0.1, -0.05) is 164 Å². The summed E-state index contributed by atoms with van der Waals surface area (Å²) in [6.45, 7) is 0. The Hall–Kier alpha value is -5.44. The Labute approximate surface area is 259 Å². The van der Waals surface area contributed by atoms with Gasteiger partial charge in [-0.15, -0.1) is 0 Å². The lowest BCUT2D eigenvalue weighted by molar-refractivity contribution is 1.18. The van der Waals surface area contributed by atoms with Gasteiger partial charge in [-0.25, -0.2) is 0 Å². The molecule has 0 aliphatic rings. The molecule has 7 aromatic carbocycles. The fourth-order valence-electron chi connectivity index (χ4n) is 6.98. The van der Waals surface area contributed by atoms with E-state index >= 15 is 0 Å². The Morgan fingerprint density at radius 1 is 0.295 bits per heavy atom. The molecule has 208 valence electrons. The van der Waals surface area contributed by atoms with Crippen LogP contribution in [0.2, 0.25) is 0 Å². The monoisotopic (exact) mass is 577 g/mol. The highest BCUT2D eigenvalue weighted by Crippen LogP contribution is 2.32. The van der Waals surface area contributed by atoms with Gasteiger partial charge in [0.05, 0.1) is 11.0 Å². The average molecular weight is 578 g/mol. The number of hydrogen-bond donors (Lipinski definition) is 0. The molecule has 1 aromatic heterocycles. The number of aromatic nitrogens is 1. The van der Waals surface area contributed by atoms with Crippen LogP contribution in [0.1, 0.15) is 0 Å². The molecule has 0 radical (unpaired) electrons. The fourth-order valence-corrected chi connectivity index (χ4v) is 11.7. The number of fused-ring (bicyclic) bond motifs is 3. The quantitative estimate of drug-likeness (QED) is 0.140. The van der Waals surface area contributed by atoms with Crippen molar-refractivity contribution >= 4 is 50.6 Å². The molecule has 0 fully saturated rings. The van der Waals surface area contributed by atoms with Gasteiger partial charge in [0.2, 0.25) is 0 Å². The minimum atomic E-state index is -2.52. The van der Waals surface area contributed by atoms with E-state index < -0.39 is 8.07 Å². The van der Waals surface area contributed by atoms with Crippen LogP contribution < -0.4 is 20.7 Å². The molecule has 0 atom stereocenters. The number of hydrogen-bond acceptors (Lipinski definition) is 0. The van der Waals surface area contributed by atoms with E-state index in [4.69, 9.17) is 0 Å². The van der Waals surface area contributed by atoms with Crippen molar-refractivity contribution in [2.75, 3.05) is 0 Å². The molecule has 0 saturated carbocycles. The summed E-state index contributed by atoms with van der Waals surface area (Å²) in [6, 6.07) is 69.0. The van der Waals surface area contributed by atoms with Crippen LogP contribution in [0.4, 0.5) is 0 Å². The van der Waals surface area contributed by atoms with E-state index in [1.807, 2.05) is 0 Å². The predicted octanol–water partition coefficient (Wildman–Crippen LogP) is 7.83. The van der Waals surface area contributed by atoms with E-state index in [0.29, 0.717) is 0 Å².